The van der Waals surface area contributed by atoms with Crippen molar-refractivity contribution in [3.8, 4) is 0 Å². The maximum absolute atomic E-state index is 4.46. The number of benzene rings is 1. The Kier molecular flexibility index (Phi) is 3.85. The number of fused-ring (bicyclic) bond motifs is 1. The number of hydrogen-bond donors (Lipinski definition) is 0. The summed E-state index contributed by atoms with van der Waals surface area (Å²) in [6, 6.07) is 12.2. The third kappa shape index (κ3) is 2.64. The van der Waals surface area contributed by atoms with Gasteiger partial charge in [-0.2, -0.15) is 0 Å². The average Bonchev–Trinajstić information content (AvgIpc) is 2.52. The molecule has 2 saturated heterocycles. The fraction of sp³-hybridized carbons (Fsp3) is 0.526. The highest BCUT2D eigenvalue weighted by molar-refractivity contribution is 5.81. The van der Waals surface area contributed by atoms with Crippen molar-refractivity contribution in [2.24, 2.45) is 0 Å². The molecule has 116 valence electrons. The van der Waals surface area contributed by atoms with Crippen LogP contribution in [-0.4, -0.2) is 46.5 Å². The molecule has 0 amide bonds. The van der Waals surface area contributed by atoms with Crippen molar-refractivity contribution >= 4 is 10.9 Å². The lowest BCUT2D eigenvalue weighted by Crippen LogP contribution is -2.61. The van der Waals surface area contributed by atoms with Crippen molar-refractivity contribution in [2.45, 2.75) is 44.8 Å². The first-order chi connectivity index (χ1) is 10.8. The first kappa shape index (κ1) is 14.2. The largest absolute Gasteiger partial charge is 0.296 e. The SMILES string of the molecule is CC1CCCCN1C1CN(Cc2ccnc3ccccc23)C1. The number of nitrogens with zero attached hydrogens (tertiary/aromatic N) is 3. The van der Waals surface area contributed by atoms with Gasteiger partial charge < -0.3 is 0 Å². The van der Waals surface area contributed by atoms with Gasteiger partial charge in [0.1, 0.15) is 0 Å². The molecule has 0 saturated carbocycles. The van der Waals surface area contributed by atoms with E-state index in [-0.39, 0.29) is 0 Å². The fourth-order valence-electron chi connectivity index (χ4n) is 4.08. The normalized spacial score (nSPS) is 24.5. The number of likely N-dealkylation sites (tertiary alicyclic amines) is 2. The summed E-state index contributed by atoms with van der Waals surface area (Å²) in [7, 11) is 0. The van der Waals surface area contributed by atoms with Crippen LogP contribution in [0.3, 0.4) is 0 Å². The zero-order valence-corrected chi connectivity index (χ0v) is 13.4. The molecule has 0 spiro atoms. The highest BCUT2D eigenvalue weighted by Gasteiger charge is 2.34. The summed E-state index contributed by atoms with van der Waals surface area (Å²) in [5.41, 5.74) is 2.53. The monoisotopic (exact) mass is 295 g/mol. The Balaban J connectivity index is 1.41. The summed E-state index contributed by atoms with van der Waals surface area (Å²) in [5.74, 6) is 0. The smallest absolute Gasteiger partial charge is 0.0705 e. The van der Waals surface area contributed by atoms with Crippen molar-refractivity contribution in [2.75, 3.05) is 19.6 Å². The highest BCUT2D eigenvalue weighted by atomic mass is 15.3. The van der Waals surface area contributed by atoms with Crippen LogP contribution in [0.15, 0.2) is 36.5 Å². The van der Waals surface area contributed by atoms with Gasteiger partial charge in [0.05, 0.1) is 5.52 Å². The van der Waals surface area contributed by atoms with E-state index in [1.54, 1.807) is 0 Å². The van der Waals surface area contributed by atoms with Crippen LogP contribution in [0.5, 0.6) is 0 Å². The second-order valence-corrected chi connectivity index (χ2v) is 6.92. The van der Waals surface area contributed by atoms with Crippen molar-refractivity contribution in [1.29, 1.82) is 0 Å². The summed E-state index contributed by atoms with van der Waals surface area (Å²) in [4.78, 5) is 9.78. The van der Waals surface area contributed by atoms with E-state index in [9.17, 15) is 0 Å². The zero-order chi connectivity index (χ0) is 14.9. The predicted octanol–water partition coefficient (Wildman–Crippen LogP) is 3.29. The third-order valence-electron chi connectivity index (χ3n) is 5.39. The maximum atomic E-state index is 4.46. The Morgan fingerprint density at radius 2 is 2.00 bits per heavy atom. The fourth-order valence-corrected chi connectivity index (χ4v) is 4.08. The molecule has 4 rings (SSSR count). The number of para-hydroxylation sites is 1. The van der Waals surface area contributed by atoms with Gasteiger partial charge in [0.2, 0.25) is 0 Å². The Bertz CT molecular complexity index is 643. The first-order valence-electron chi connectivity index (χ1n) is 8.62. The molecule has 1 aromatic heterocycles. The molecule has 22 heavy (non-hydrogen) atoms. The van der Waals surface area contributed by atoms with Gasteiger partial charge in [-0.1, -0.05) is 24.6 Å². The van der Waals surface area contributed by atoms with Crippen molar-refractivity contribution in [3.63, 3.8) is 0 Å². The van der Waals surface area contributed by atoms with E-state index < -0.39 is 0 Å². The predicted molar refractivity (Wildman–Crippen MR) is 90.8 cm³/mol. The van der Waals surface area contributed by atoms with Gasteiger partial charge in [-0.05, 0) is 44.0 Å². The number of aromatic nitrogens is 1. The van der Waals surface area contributed by atoms with Gasteiger partial charge >= 0.3 is 0 Å². The van der Waals surface area contributed by atoms with E-state index in [4.69, 9.17) is 0 Å². The number of rotatable bonds is 3. The van der Waals surface area contributed by atoms with Crippen LogP contribution < -0.4 is 0 Å². The summed E-state index contributed by atoms with van der Waals surface area (Å²) in [6.07, 6.45) is 6.13. The van der Waals surface area contributed by atoms with Crippen LogP contribution in [0.2, 0.25) is 0 Å². The number of hydrogen-bond acceptors (Lipinski definition) is 3. The lowest BCUT2D eigenvalue weighted by molar-refractivity contribution is -0.00602. The Morgan fingerprint density at radius 1 is 1.14 bits per heavy atom. The van der Waals surface area contributed by atoms with Crippen molar-refractivity contribution in [1.82, 2.24) is 14.8 Å². The van der Waals surface area contributed by atoms with E-state index in [1.165, 1.54) is 49.8 Å². The average molecular weight is 295 g/mol. The van der Waals surface area contributed by atoms with Gasteiger partial charge in [0.15, 0.2) is 0 Å². The maximum Gasteiger partial charge on any atom is 0.0705 e. The van der Waals surface area contributed by atoms with Crippen LogP contribution >= 0.6 is 0 Å². The van der Waals surface area contributed by atoms with Gasteiger partial charge in [-0.15, -0.1) is 0 Å². The second-order valence-electron chi connectivity index (χ2n) is 6.92. The van der Waals surface area contributed by atoms with Gasteiger partial charge in [-0.3, -0.25) is 14.8 Å². The number of pyridine rings is 1. The topological polar surface area (TPSA) is 19.4 Å². The van der Waals surface area contributed by atoms with Crippen LogP contribution in [0.25, 0.3) is 10.9 Å². The third-order valence-corrected chi connectivity index (χ3v) is 5.39. The molecule has 0 radical (unpaired) electrons. The zero-order valence-electron chi connectivity index (χ0n) is 13.4. The minimum absolute atomic E-state index is 0.780. The Hall–Kier alpha value is -1.45. The molecule has 0 N–H and O–H groups in total. The van der Waals surface area contributed by atoms with Crippen molar-refractivity contribution < 1.29 is 0 Å². The van der Waals surface area contributed by atoms with Crippen LogP contribution in [-0.2, 0) is 6.54 Å². The van der Waals surface area contributed by atoms with Crippen LogP contribution in [0, 0.1) is 0 Å². The van der Waals surface area contributed by atoms with Crippen LogP contribution in [0.1, 0.15) is 31.7 Å². The minimum Gasteiger partial charge on any atom is -0.296 e. The summed E-state index contributed by atoms with van der Waals surface area (Å²) >= 11 is 0. The molecule has 2 fully saturated rings. The van der Waals surface area contributed by atoms with E-state index in [0.717, 1.165) is 24.1 Å². The molecule has 2 aromatic rings. The van der Waals surface area contributed by atoms with Crippen molar-refractivity contribution in [3.05, 3.63) is 42.1 Å². The van der Waals surface area contributed by atoms with E-state index in [1.807, 2.05) is 6.20 Å². The Morgan fingerprint density at radius 3 is 2.86 bits per heavy atom. The molecular formula is C19H25N3. The first-order valence-corrected chi connectivity index (χ1v) is 8.62. The molecule has 0 bridgehead atoms. The molecular weight excluding hydrogens is 270 g/mol. The molecule has 2 aliphatic heterocycles. The van der Waals surface area contributed by atoms with Gasteiger partial charge in [-0.25, -0.2) is 0 Å². The van der Waals surface area contributed by atoms with Gasteiger partial charge in [0.25, 0.3) is 0 Å². The summed E-state index contributed by atoms with van der Waals surface area (Å²) < 4.78 is 0. The van der Waals surface area contributed by atoms with E-state index in [0.29, 0.717) is 0 Å². The lowest BCUT2D eigenvalue weighted by Gasteiger charge is -2.49. The second kappa shape index (κ2) is 5.98. The molecule has 3 heteroatoms. The summed E-state index contributed by atoms with van der Waals surface area (Å²) in [5, 5.41) is 1.31. The quantitative estimate of drug-likeness (QED) is 0.866. The molecule has 0 aliphatic carbocycles. The molecule has 3 nitrogen and oxygen atoms in total. The van der Waals surface area contributed by atoms with E-state index in [2.05, 4.69) is 52.0 Å². The highest BCUT2D eigenvalue weighted by Crippen LogP contribution is 2.26. The molecule has 1 unspecified atom stereocenters. The Labute approximate surface area is 132 Å². The molecule has 3 heterocycles. The lowest BCUT2D eigenvalue weighted by atomic mass is 9.97. The van der Waals surface area contributed by atoms with Crippen LogP contribution in [0.4, 0.5) is 0 Å². The summed E-state index contributed by atoms with van der Waals surface area (Å²) in [6.45, 7) is 7.21. The minimum atomic E-state index is 0.780. The molecule has 1 atom stereocenters. The van der Waals surface area contributed by atoms with E-state index >= 15 is 0 Å². The van der Waals surface area contributed by atoms with Gasteiger partial charge in [0, 0.05) is 43.3 Å². The standard InChI is InChI=1S/C19H25N3/c1-15-6-4-5-11-22(15)17-13-21(14-17)12-16-9-10-20-19-8-3-2-7-18(16)19/h2-3,7-10,15,17H,4-6,11-14H2,1H3. The molecule has 1 aromatic carbocycles. The molecule has 2 aliphatic rings. The number of piperidine rings is 1.